The predicted octanol–water partition coefficient (Wildman–Crippen LogP) is -5.29. The molecule has 1 saturated heterocycles. The molecule has 0 unspecified atom stereocenters. The SMILES string of the molecule is CCC(=O)N[C@H]1[C@H](O)[C@@H](O)[C@@H](O[C@@H]([C@H](N)[C@H](O)CO)[C@@H](O)CN)O[C@@H]1CO. The molecule has 0 aliphatic carbocycles. The van der Waals surface area contributed by atoms with Crippen LogP contribution in [0.2, 0.25) is 0 Å². The fraction of sp³-hybridized carbons (Fsp3) is 0.933. The van der Waals surface area contributed by atoms with Crippen molar-refractivity contribution in [1.29, 1.82) is 0 Å². The fourth-order valence-electron chi connectivity index (χ4n) is 2.73. The number of nitrogens with one attached hydrogen (secondary N) is 1. The summed E-state index contributed by atoms with van der Waals surface area (Å²) in [4.78, 5) is 11.6. The van der Waals surface area contributed by atoms with Crippen LogP contribution in [0.15, 0.2) is 0 Å². The largest absolute Gasteiger partial charge is 0.394 e. The van der Waals surface area contributed by atoms with E-state index in [1.807, 2.05) is 0 Å². The summed E-state index contributed by atoms with van der Waals surface area (Å²) >= 11 is 0. The summed E-state index contributed by atoms with van der Waals surface area (Å²) in [6, 6.07) is -2.38. The fourth-order valence-corrected chi connectivity index (χ4v) is 2.73. The standard InChI is InChI=1S/C15H31N3O9/c1-2-9(23)18-11-8(5-20)26-15(13(25)12(11)24)27-14(6(21)3-16)10(17)7(22)4-19/h6-8,10-15,19-22,24-25H,2-5,16-17H2,1H3,(H,18,23)/t6-,7+,8+,10+,11+,12-,13+,14+,15+/m0/s1. The van der Waals surface area contributed by atoms with Crippen LogP contribution in [-0.2, 0) is 14.3 Å². The molecule has 160 valence electrons. The molecule has 0 bridgehead atoms. The number of ether oxygens (including phenoxy) is 2. The third kappa shape index (κ3) is 6.02. The van der Waals surface area contributed by atoms with E-state index in [2.05, 4.69) is 5.32 Å². The van der Waals surface area contributed by atoms with Crippen molar-refractivity contribution in [1.82, 2.24) is 5.32 Å². The van der Waals surface area contributed by atoms with Crippen molar-refractivity contribution in [2.45, 2.75) is 68.3 Å². The highest BCUT2D eigenvalue weighted by molar-refractivity contribution is 5.76. The Hall–Kier alpha value is -0.930. The zero-order valence-corrected chi connectivity index (χ0v) is 15.1. The Bertz CT molecular complexity index is 456. The van der Waals surface area contributed by atoms with Crippen LogP contribution in [0.1, 0.15) is 13.3 Å². The van der Waals surface area contributed by atoms with Gasteiger partial charge in [-0.1, -0.05) is 6.92 Å². The lowest BCUT2D eigenvalue weighted by Gasteiger charge is -2.44. The molecule has 27 heavy (non-hydrogen) atoms. The molecule has 1 heterocycles. The van der Waals surface area contributed by atoms with Crippen LogP contribution in [0.4, 0.5) is 0 Å². The number of aliphatic hydroxyl groups excluding tert-OH is 6. The summed E-state index contributed by atoms with van der Waals surface area (Å²) in [6.45, 7) is -0.0258. The van der Waals surface area contributed by atoms with E-state index in [1.165, 1.54) is 0 Å². The molecule has 0 aromatic carbocycles. The summed E-state index contributed by atoms with van der Waals surface area (Å²) in [6.07, 6.45) is -9.94. The molecule has 0 spiro atoms. The third-order valence-corrected chi connectivity index (χ3v) is 4.46. The maximum atomic E-state index is 11.6. The number of aliphatic hydroxyl groups is 6. The van der Waals surface area contributed by atoms with Crippen molar-refractivity contribution in [2.24, 2.45) is 11.5 Å². The van der Waals surface area contributed by atoms with Crippen LogP contribution < -0.4 is 16.8 Å². The molecule has 1 fully saturated rings. The Kier molecular flexibility index (Phi) is 9.97. The minimum atomic E-state index is -1.67. The van der Waals surface area contributed by atoms with Crippen molar-refractivity contribution >= 4 is 5.91 Å². The second-order valence-electron chi connectivity index (χ2n) is 6.38. The molecule has 1 rings (SSSR count). The van der Waals surface area contributed by atoms with E-state index in [9.17, 15) is 30.3 Å². The second-order valence-corrected chi connectivity index (χ2v) is 6.38. The Labute approximate surface area is 156 Å². The molecule has 0 aromatic rings. The lowest BCUT2D eigenvalue weighted by Crippen LogP contribution is -2.66. The first kappa shape index (κ1) is 24.1. The lowest BCUT2D eigenvalue weighted by molar-refractivity contribution is -0.302. The van der Waals surface area contributed by atoms with Crippen LogP contribution in [-0.4, -0.2) is 111 Å². The number of hydrogen-bond donors (Lipinski definition) is 9. The quantitative estimate of drug-likeness (QED) is 0.169. The van der Waals surface area contributed by atoms with Gasteiger partial charge in [-0.2, -0.15) is 0 Å². The van der Waals surface area contributed by atoms with E-state index >= 15 is 0 Å². The van der Waals surface area contributed by atoms with Crippen molar-refractivity contribution in [2.75, 3.05) is 19.8 Å². The second kappa shape index (κ2) is 11.2. The van der Waals surface area contributed by atoms with Crippen molar-refractivity contribution in [3.05, 3.63) is 0 Å². The van der Waals surface area contributed by atoms with Gasteiger partial charge in [0.15, 0.2) is 6.29 Å². The molecule has 0 saturated carbocycles. The Morgan fingerprint density at radius 1 is 1.22 bits per heavy atom. The Morgan fingerprint density at radius 3 is 2.33 bits per heavy atom. The summed E-state index contributed by atoms with van der Waals surface area (Å²) in [5.74, 6) is -0.419. The van der Waals surface area contributed by atoms with E-state index in [4.69, 9.17) is 26.0 Å². The van der Waals surface area contributed by atoms with Gasteiger partial charge >= 0.3 is 0 Å². The molecule has 12 heteroatoms. The normalized spacial score (nSPS) is 33.1. The van der Waals surface area contributed by atoms with Gasteiger partial charge in [-0.25, -0.2) is 0 Å². The zero-order chi connectivity index (χ0) is 20.7. The molecule has 1 aliphatic rings. The first-order valence-electron chi connectivity index (χ1n) is 8.71. The zero-order valence-electron chi connectivity index (χ0n) is 15.1. The highest BCUT2D eigenvalue weighted by Crippen LogP contribution is 2.24. The number of rotatable bonds is 10. The van der Waals surface area contributed by atoms with Gasteiger partial charge in [0.1, 0.15) is 24.4 Å². The van der Waals surface area contributed by atoms with Crippen LogP contribution >= 0.6 is 0 Å². The van der Waals surface area contributed by atoms with E-state index in [0.717, 1.165) is 0 Å². The monoisotopic (exact) mass is 397 g/mol. The highest BCUT2D eigenvalue weighted by atomic mass is 16.7. The molecule has 0 aromatic heterocycles. The third-order valence-electron chi connectivity index (χ3n) is 4.46. The molecule has 1 aliphatic heterocycles. The van der Waals surface area contributed by atoms with Crippen LogP contribution in [0, 0.1) is 0 Å². The molecule has 11 N–H and O–H groups in total. The Morgan fingerprint density at radius 2 is 1.85 bits per heavy atom. The average Bonchev–Trinajstić information content (AvgIpc) is 2.68. The van der Waals surface area contributed by atoms with Crippen LogP contribution in [0.5, 0.6) is 0 Å². The van der Waals surface area contributed by atoms with Crippen molar-refractivity contribution in [3.8, 4) is 0 Å². The number of hydrogen-bond acceptors (Lipinski definition) is 11. The van der Waals surface area contributed by atoms with Gasteiger partial charge in [-0.05, 0) is 0 Å². The predicted molar refractivity (Wildman–Crippen MR) is 91.0 cm³/mol. The van der Waals surface area contributed by atoms with E-state index in [-0.39, 0.29) is 13.0 Å². The minimum Gasteiger partial charge on any atom is -0.394 e. The number of carbonyl (C=O) groups is 1. The highest BCUT2D eigenvalue weighted by Gasteiger charge is 2.47. The summed E-state index contributed by atoms with van der Waals surface area (Å²) in [5, 5.41) is 61.3. The van der Waals surface area contributed by atoms with Crippen LogP contribution in [0.3, 0.4) is 0 Å². The van der Waals surface area contributed by atoms with Gasteiger partial charge in [0, 0.05) is 13.0 Å². The summed E-state index contributed by atoms with van der Waals surface area (Å²) in [7, 11) is 0. The van der Waals surface area contributed by atoms with Crippen LogP contribution in [0.25, 0.3) is 0 Å². The number of nitrogens with two attached hydrogens (primary N) is 2. The molecule has 0 radical (unpaired) electrons. The molecule has 9 atom stereocenters. The van der Waals surface area contributed by atoms with Gasteiger partial charge in [-0.15, -0.1) is 0 Å². The number of carbonyl (C=O) groups excluding carboxylic acids is 1. The molecular weight excluding hydrogens is 366 g/mol. The van der Waals surface area contributed by atoms with Gasteiger partial charge in [0.2, 0.25) is 5.91 Å². The van der Waals surface area contributed by atoms with Gasteiger partial charge in [0.05, 0.1) is 37.5 Å². The Balaban J connectivity index is 2.96. The number of amides is 1. The lowest BCUT2D eigenvalue weighted by atomic mass is 9.95. The van der Waals surface area contributed by atoms with E-state index in [1.54, 1.807) is 6.92 Å². The van der Waals surface area contributed by atoms with Gasteiger partial charge in [0.25, 0.3) is 0 Å². The smallest absolute Gasteiger partial charge is 0.220 e. The first-order valence-corrected chi connectivity index (χ1v) is 8.71. The van der Waals surface area contributed by atoms with Gasteiger partial charge < -0.3 is 56.9 Å². The van der Waals surface area contributed by atoms with Crippen molar-refractivity contribution < 1.29 is 44.9 Å². The van der Waals surface area contributed by atoms with Crippen molar-refractivity contribution in [3.63, 3.8) is 0 Å². The van der Waals surface area contributed by atoms with E-state index in [0.29, 0.717) is 0 Å². The molecular formula is C15H31N3O9. The molecule has 1 amide bonds. The van der Waals surface area contributed by atoms with E-state index < -0.39 is 74.1 Å². The topological polar surface area (TPSA) is 221 Å². The van der Waals surface area contributed by atoms with Gasteiger partial charge in [-0.3, -0.25) is 4.79 Å². The summed E-state index contributed by atoms with van der Waals surface area (Å²) in [5.41, 5.74) is 11.2. The first-order chi connectivity index (χ1) is 12.7. The maximum absolute atomic E-state index is 11.6. The molecule has 12 nitrogen and oxygen atoms in total. The minimum absolute atomic E-state index is 0.121. The summed E-state index contributed by atoms with van der Waals surface area (Å²) < 4.78 is 10.9. The average molecular weight is 397 g/mol. The maximum Gasteiger partial charge on any atom is 0.220 e.